The molecule has 0 saturated carbocycles. The molecule has 0 N–H and O–H groups in total. The van der Waals surface area contributed by atoms with E-state index >= 15 is 0 Å². The Morgan fingerprint density at radius 3 is 2.44 bits per heavy atom. The Labute approximate surface area is 149 Å². The topological polar surface area (TPSA) is 61.5 Å². The lowest BCUT2D eigenvalue weighted by atomic mass is 10.1. The second-order valence-corrected chi connectivity index (χ2v) is 5.97. The van der Waals surface area contributed by atoms with Gasteiger partial charge in [0.25, 0.3) is 0 Å². The lowest BCUT2D eigenvalue weighted by molar-refractivity contribution is 0.284. The minimum atomic E-state index is 0.718. The van der Waals surface area contributed by atoms with Crippen LogP contribution < -0.4 is 9.47 Å². The molecule has 0 fully saturated rings. The quantitative estimate of drug-likeness (QED) is 0.425. The Morgan fingerprint density at radius 2 is 1.72 bits per heavy atom. The Bertz CT molecular complexity index is 626. The fraction of sp³-hybridized carbons (Fsp3) is 0.526. The molecule has 0 aliphatic rings. The highest BCUT2D eigenvalue weighted by Crippen LogP contribution is 2.27. The Morgan fingerprint density at radius 1 is 1.00 bits per heavy atom. The van der Waals surface area contributed by atoms with Crippen LogP contribution in [0.1, 0.15) is 57.4 Å². The van der Waals surface area contributed by atoms with Crippen LogP contribution in [0.25, 0.3) is 0 Å². The van der Waals surface area contributed by atoms with Gasteiger partial charge in [-0.25, -0.2) is 4.68 Å². The Balaban J connectivity index is 1.77. The Kier molecular flexibility index (Phi) is 8.52. The molecule has 0 amide bonds. The largest absolute Gasteiger partial charge is 0.493 e. The fourth-order valence-corrected chi connectivity index (χ4v) is 2.51. The zero-order chi connectivity index (χ0) is 17.7. The number of hydrogen-bond donors (Lipinski definition) is 0. The summed E-state index contributed by atoms with van der Waals surface area (Å²) >= 11 is 0. The van der Waals surface area contributed by atoms with Crippen LogP contribution in [0.2, 0.25) is 0 Å². The predicted molar refractivity (Wildman–Crippen MR) is 99.5 cm³/mol. The first-order valence-electron chi connectivity index (χ1n) is 9.03. The van der Waals surface area contributed by atoms with Crippen LogP contribution in [0.15, 0.2) is 36.0 Å². The first kappa shape index (κ1) is 19.0. The van der Waals surface area contributed by atoms with Crippen molar-refractivity contribution in [1.29, 1.82) is 0 Å². The van der Waals surface area contributed by atoms with Gasteiger partial charge in [0.15, 0.2) is 11.5 Å². The standard InChI is InChI=1S/C19H28N4O2/c1-3-4-5-6-7-8-9-12-25-18-11-10-17(13-19(18)24-2)14-22-23-15-20-21-16-23/h10-11,13-16H,3-9,12H2,1-2H3/b22-14-. The van der Waals surface area contributed by atoms with Crippen LogP contribution in [0.3, 0.4) is 0 Å². The molecule has 6 heteroatoms. The third-order valence-corrected chi connectivity index (χ3v) is 3.94. The molecule has 2 rings (SSSR count). The highest BCUT2D eigenvalue weighted by molar-refractivity contribution is 5.80. The number of hydrogen-bond acceptors (Lipinski definition) is 5. The monoisotopic (exact) mass is 344 g/mol. The van der Waals surface area contributed by atoms with E-state index in [2.05, 4.69) is 22.2 Å². The van der Waals surface area contributed by atoms with E-state index in [1.807, 2.05) is 18.2 Å². The van der Waals surface area contributed by atoms with Gasteiger partial charge in [-0.05, 0) is 30.2 Å². The van der Waals surface area contributed by atoms with Crippen LogP contribution >= 0.6 is 0 Å². The molecule has 0 radical (unpaired) electrons. The van der Waals surface area contributed by atoms with E-state index in [0.717, 1.165) is 30.1 Å². The van der Waals surface area contributed by atoms with Crippen molar-refractivity contribution >= 4 is 6.21 Å². The van der Waals surface area contributed by atoms with Crippen LogP contribution in [0.5, 0.6) is 11.5 Å². The van der Waals surface area contributed by atoms with Crippen molar-refractivity contribution in [3.63, 3.8) is 0 Å². The number of ether oxygens (including phenoxy) is 2. The summed E-state index contributed by atoms with van der Waals surface area (Å²) in [5.74, 6) is 1.49. The molecule has 0 bridgehead atoms. The van der Waals surface area contributed by atoms with Crippen LogP contribution in [0.4, 0.5) is 0 Å². The molecule has 136 valence electrons. The number of unbranched alkanes of at least 4 members (excludes halogenated alkanes) is 6. The molecule has 2 aromatic rings. The van der Waals surface area contributed by atoms with Gasteiger partial charge in [0.1, 0.15) is 12.7 Å². The zero-order valence-electron chi connectivity index (χ0n) is 15.2. The maximum Gasteiger partial charge on any atom is 0.161 e. The van der Waals surface area contributed by atoms with E-state index in [-0.39, 0.29) is 0 Å². The molecule has 0 spiro atoms. The van der Waals surface area contributed by atoms with Gasteiger partial charge in [-0.15, -0.1) is 10.2 Å². The SMILES string of the molecule is CCCCCCCCCOc1ccc(/C=N\n2cnnc2)cc1OC. The molecule has 25 heavy (non-hydrogen) atoms. The van der Waals surface area contributed by atoms with Gasteiger partial charge >= 0.3 is 0 Å². The summed E-state index contributed by atoms with van der Waals surface area (Å²) in [6.07, 6.45) is 13.7. The van der Waals surface area contributed by atoms with E-state index in [9.17, 15) is 0 Å². The summed E-state index contributed by atoms with van der Waals surface area (Å²) in [6.45, 7) is 2.96. The number of rotatable bonds is 12. The molecule has 0 saturated heterocycles. The molecule has 0 aliphatic carbocycles. The number of benzene rings is 1. The van der Waals surface area contributed by atoms with E-state index in [1.165, 1.54) is 55.9 Å². The second-order valence-electron chi connectivity index (χ2n) is 5.97. The average Bonchev–Trinajstić information content (AvgIpc) is 3.16. The highest BCUT2D eigenvalue weighted by atomic mass is 16.5. The summed E-state index contributed by atoms with van der Waals surface area (Å²) in [4.78, 5) is 0. The average molecular weight is 344 g/mol. The molecule has 1 heterocycles. The molecule has 0 unspecified atom stereocenters. The number of nitrogens with zero attached hydrogens (tertiary/aromatic N) is 4. The maximum atomic E-state index is 5.87. The van der Waals surface area contributed by atoms with Crippen molar-refractivity contribution in [3.8, 4) is 11.5 Å². The van der Waals surface area contributed by atoms with Crippen molar-refractivity contribution in [2.24, 2.45) is 5.10 Å². The van der Waals surface area contributed by atoms with E-state index in [1.54, 1.807) is 13.3 Å². The maximum absolute atomic E-state index is 5.87. The first-order chi connectivity index (χ1) is 12.3. The minimum absolute atomic E-state index is 0.718. The van der Waals surface area contributed by atoms with Crippen LogP contribution in [-0.2, 0) is 0 Å². The van der Waals surface area contributed by atoms with Crippen molar-refractivity contribution < 1.29 is 9.47 Å². The number of methoxy groups -OCH3 is 1. The Hall–Kier alpha value is -2.37. The number of aromatic nitrogens is 3. The third kappa shape index (κ3) is 6.95. The summed E-state index contributed by atoms with van der Waals surface area (Å²) in [7, 11) is 1.65. The van der Waals surface area contributed by atoms with Gasteiger partial charge in [-0.1, -0.05) is 45.4 Å². The minimum Gasteiger partial charge on any atom is -0.493 e. The third-order valence-electron chi connectivity index (χ3n) is 3.94. The first-order valence-corrected chi connectivity index (χ1v) is 9.03. The van der Waals surface area contributed by atoms with E-state index in [0.29, 0.717) is 0 Å². The molecule has 0 atom stereocenters. The smallest absolute Gasteiger partial charge is 0.161 e. The molecule has 0 aliphatic heterocycles. The van der Waals surface area contributed by atoms with Crippen molar-refractivity contribution in [1.82, 2.24) is 14.9 Å². The van der Waals surface area contributed by atoms with Crippen LogP contribution in [-0.4, -0.2) is 34.8 Å². The second kappa shape index (κ2) is 11.2. The molecular weight excluding hydrogens is 316 g/mol. The molecule has 6 nitrogen and oxygen atoms in total. The summed E-state index contributed by atoms with van der Waals surface area (Å²) in [5.41, 5.74) is 0.925. The lowest BCUT2D eigenvalue weighted by Gasteiger charge is -2.11. The fourth-order valence-electron chi connectivity index (χ4n) is 2.51. The van der Waals surface area contributed by atoms with Crippen molar-refractivity contribution in [3.05, 3.63) is 36.4 Å². The highest BCUT2D eigenvalue weighted by Gasteiger charge is 2.05. The normalized spacial score (nSPS) is 11.1. The lowest BCUT2D eigenvalue weighted by Crippen LogP contribution is -2.00. The van der Waals surface area contributed by atoms with Crippen LogP contribution in [0, 0.1) is 0 Å². The van der Waals surface area contributed by atoms with E-state index in [4.69, 9.17) is 9.47 Å². The van der Waals surface area contributed by atoms with E-state index < -0.39 is 0 Å². The molecule has 1 aromatic heterocycles. The summed E-state index contributed by atoms with van der Waals surface area (Å²) in [5, 5.41) is 11.6. The summed E-state index contributed by atoms with van der Waals surface area (Å²) in [6, 6.07) is 5.79. The summed E-state index contributed by atoms with van der Waals surface area (Å²) < 4.78 is 12.8. The van der Waals surface area contributed by atoms with Crippen molar-refractivity contribution in [2.75, 3.05) is 13.7 Å². The predicted octanol–water partition coefficient (Wildman–Crippen LogP) is 4.30. The van der Waals surface area contributed by atoms with Crippen molar-refractivity contribution in [2.45, 2.75) is 51.9 Å². The van der Waals surface area contributed by atoms with Gasteiger partial charge in [0.05, 0.1) is 19.9 Å². The molecular formula is C19H28N4O2. The van der Waals surface area contributed by atoms with Gasteiger partial charge in [-0.2, -0.15) is 5.10 Å². The van der Waals surface area contributed by atoms with Gasteiger partial charge in [0.2, 0.25) is 0 Å². The van der Waals surface area contributed by atoms with Gasteiger partial charge in [-0.3, -0.25) is 0 Å². The molecule has 1 aromatic carbocycles. The van der Waals surface area contributed by atoms with Gasteiger partial charge in [0, 0.05) is 0 Å². The zero-order valence-corrected chi connectivity index (χ0v) is 15.2. The van der Waals surface area contributed by atoms with Gasteiger partial charge < -0.3 is 9.47 Å².